The summed E-state index contributed by atoms with van der Waals surface area (Å²) in [5.74, 6) is -1.13. The van der Waals surface area contributed by atoms with Gasteiger partial charge in [-0.1, -0.05) is 0 Å². The summed E-state index contributed by atoms with van der Waals surface area (Å²) < 4.78 is 0. The van der Waals surface area contributed by atoms with Gasteiger partial charge in [0, 0.05) is 26.2 Å². The van der Waals surface area contributed by atoms with Crippen molar-refractivity contribution in [3.63, 3.8) is 0 Å². The van der Waals surface area contributed by atoms with E-state index in [0.717, 1.165) is 13.1 Å². The minimum absolute atomic E-state index is 0.435. The van der Waals surface area contributed by atoms with Crippen LogP contribution in [0.4, 0.5) is 0 Å². The zero-order valence-corrected chi connectivity index (χ0v) is 11.0. The molecule has 0 unspecified atom stereocenters. The number of nitrogens with one attached hydrogen (secondary N) is 1. The minimum Gasteiger partial charge on any atom is -0.481 e. The van der Waals surface area contributed by atoms with Gasteiger partial charge in [-0.15, -0.1) is 10.1 Å². The minimum atomic E-state index is -1.22. The summed E-state index contributed by atoms with van der Waals surface area (Å²) in [5, 5.41) is 20.4. The van der Waals surface area contributed by atoms with Crippen LogP contribution in [-0.4, -0.2) is 60.9 Å². The standard InChI is InChI=1S/C5H12N2.C5H9NO5/c1-7-4-2-6-3-5-7;1-5(2,4(7)8)3-11-6(9)10/h6H,2-5H2,1H3;3H2,1-2H3,(H,7,8). The van der Waals surface area contributed by atoms with Crippen molar-refractivity contribution in [2.45, 2.75) is 13.8 Å². The van der Waals surface area contributed by atoms with Gasteiger partial charge in [-0.25, -0.2) is 0 Å². The number of aliphatic carboxylic acids is 1. The Bertz CT molecular complexity index is 277. The Morgan fingerprint density at radius 2 is 2.00 bits per heavy atom. The average molecular weight is 263 g/mol. The molecule has 0 aliphatic carbocycles. The molecule has 1 aliphatic rings. The second-order valence-corrected chi connectivity index (χ2v) is 4.74. The number of hydrogen-bond donors (Lipinski definition) is 2. The summed E-state index contributed by atoms with van der Waals surface area (Å²) in [4.78, 5) is 26.2. The molecule has 0 aromatic carbocycles. The van der Waals surface area contributed by atoms with Gasteiger partial charge in [0.1, 0.15) is 6.61 Å². The van der Waals surface area contributed by atoms with Crippen molar-refractivity contribution < 1.29 is 19.8 Å². The molecule has 1 saturated heterocycles. The van der Waals surface area contributed by atoms with Crippen LogP contribution in [0.2, 0.25) is 0 Å². The first kappa shape index (κ1) is 16.6. The highest BCUT2D eigenvalue weighted by Crippen LogP contribution is 2.14. The Balaban J connectivity index is 0.000000351. The van der Waals surface area contributed by atoms with Crippen LogP contribution in [0.5, 0.6) is 0 Å². The predicted molar refractivity (Wildman–Crippen MR) is 64.7 cm³/mol. The zero-order chi connectivity index (χ0) is 14.2. The van der Waals surface area contributed by atoms with Crippen molar-refractivity contribution in [2.24, 2.45) is 5.41 Å². The molecule has 8 heteroatoms. The van der Waals surface area contributed by atoms with Crippen LogP contribution in [0.25, 0.3) is 0 Å². The average Bonchev–Trinajstić information content (AvgIpc) is 2.28. The molecule has 106 valence electrons. The quantitative estimate of drug-likeness (QED) is 0.535. The third kappa shape index (κ3) is 7.80. The van der Waals surface area contributed by atoms with Crippen molar-refractivity contribution in [3.8, 4) is 0 Å². The normalized spacial score (nSPS) is 16.4. The van der Waals surface area contributed by atoms with E-state index in [-0.39, 0.29) is 0 Å². The van der Waals surface area contributed by atoms with E-state index in [9.17, 15) is 14.9 Å². The van der Waals surface area contributed by atoms with E-state index in [4.69, 9.17) is 5.11 Å². The number of likely N-dealkylation sites (N-methyl/N-ethyl adjacent to an activating group) is 1. The van der Waals surface area contributed by atoms with Gasteiger partial charge in [-0.3, -0.25) is 4.79 Å². The maximum absolute atomic E-state index is 10.3. The van der Waals surface area contributed by atoms with E-state index >= 15 is 0 Å². The molecule has 1 fully saturated rings. The lowest BCUT2D eigenvalue weighted by atomic mass is 9.96. The summed E-state index contributed by atoms with van der Waals surface area (Å²) in [5.41, 5.74) is -1.22. The maximum atomic E-state index is 10.3. The van der Waals surface area contributed by atoms with Crippen molar-refractivity contribution in [3.05, 3.63) is 10.1 Å². The molecule has 2 N–H and O–H groups in total. The highest BCUT2D eigenvalue weighted by molar-refractivity contribution is 5.73. The Morgan fingerprint density at radius 3 is 2.28 bits per heavy atom. The molecular formula is C10H21N3O5. The smallest absolute Gasteiger partial charge is 0.311 e. The van der Waals surface area contributed by atoms with E-state index in [0.29, 0.717) is 0 Å². The summed E-state index contributed by atoms with van der Waals surface area (Å²) in [6, 6.07) is 0. The predicted octanol–water partition coefficient (Wildman–Crippen LogP) is -0.173. The molecule has 18 heavy (non-hydrogen) atoms. The number of carbonyl (C=O) groups is 1. The molecule has 0 radical (unpaired) electrons. The van der Waals surface area contributed by atoms with Crippen molar-refractivity contribution >= 4 is 5.97 Å². The van der Waals surface area contributed by atoms with Gasteiger partial charge in [0.15, 0.2) is 0 Å². The Kier molecular flexibility index (Phi) is 7.21. The largest absolute Gasteiger partial charge is 0.481 e. The van der Waals surface area contributed by atoms with Gasteiger partial charge >= 0.3 is 5.97 Å². The Morgan fingerprint density at radius 1 is 1.50 bits per heavy atom. The second-order valence-electron chi connectivity index (χ2n) is 4.74. The SMILES string of the molecule is CC(C)(CO[N+](=O)[O-])C(=O)O.CN1CCNCC1. The van der Waals surface area contributed by atoms with E-state index in [2.05, 4.69) is 22.1 Å². The van der Waals surface area contributed by atoms with E-state index in [1.165, 1.54) is 26.9 Å². The van der Waals surface area contributed by atoms with Crippen LogP contribution in [-0.2, 0) is 9.63 Å². The molecule has 0 atom stereocenters. The third-order valence-corrected chi connectivity index (χ3v) is 2.45. The van der Waals surface area contributed by atoms with Gasteiger partial charge in [0.2, 0.25) is 0 Å². The lowest BCUT2D eigenvalue weighted by Gasteiger charge is -2.21. The molecule has 1 rings (SSSR count). The molecular weight excluding hydrogens is 242 g/mol. The van der Waals surface area contributed by atoms with E-state index in [1.54, 1.807) is 0 Å². The van der Waals surface area contributed by atoms with E-state index in [1.807, 2.05) is 0 Å². The summed E-state index contributed by atoms with van der Waals surface area (Å²) >= 11 is 0. The van der Waals surface area contributed by atoms with Crippen LogP contribution >= 0.6 is 0 Å². The van der Waals surface area contributed by atoms with Gasteiger partial charge in [-0.05, 0) is 20.9 Å². The molecule has 0 aromatic heterocycles. The van der Waals surface area contributed by atoms with Crippen LogP contribution in [0.15, 0.2) is 0 Å². The highest BCUT2D eigenvalue weighted by atomic mass is 16.9. The van der Waals surface area contributed by atoms with Crippen LogP contribution in [0, 0.1) is 15.5 Å². The molecule has 0 aromatic rings. The van der Waals surface area contributed by atoms with Crippen molar-refractivity contribution in [2.75, 3.05) is 39.8 Å². The Labute approximate surface area is 106 Å². The second kappa shape index (κ2) is 7.83. The summed E-state index contributed by atoms with van der Waals surface area (Å²) in [7, 11) is 2.15. The highest BCUT2D eigenvalue weighted by Gasteiger charge is 2.28. The van der Waals surface area contributed by atoms with Crippen LogP contribution < -0.4 is 5.32 Å². The number of hydrogen-bond acceptors (Lipinski definition) is 6. The molecule has 0 amide bonds. The molecule has 0 bridgehead atoms. The van der Waals surface area contributed by atoms with Crippen molar-refractivity contribution in [1.29, 1.82) is 0 Å². The molecule has 1 aliphatic heterocycles. The fraction of sp³-hybridized carbons (Fsp3) is 0.900. The molecule has 0 saturated carbocycles. The Hall–Kier alpha value is -1.41. The summed E-state index contributed by atoms with van der Waals surface area (Å²) in [6.07, 6.45) is 0. The first-order valence-electron chi connectivity index (χ1n) is 5.65. The van der Waals surface area contributed by atoms with E-state index < -0.39 is 23.1 Å². The summed E-state index contributed by atoms with van der Waals surface area (Å²) in [6.45, 7) is 7.00. The number of carboxylic acids is 1. The third-order valence-electron chi connectivity index (χ3n) is 2.45. The number of carboxylic acid groups (broad SMARTS) is 1. The lowest BCUT2D eigenvalue weighted by molar-refractivity contribution is -0.760. The first-order chi connectivity index (χ1) is 8.25. The number of rotatable bonds is 4. The van der Waals surface area contributed by atoms with Gasteiger partial charge < -0.3 is 20.2 Å². The fourth-order valence-electron chi connectivity index (χ4n) is 1.05. The lowest BCUT2D eigenvalue weighted by Crippen LogP contribution is -2.40. The zero-order valence-electron chi connectivity index (χ0n) is 11.0. The fourth-order valence-corrected chi connectivity index (χ4v) is 1.05. The monoisotopic (exact) mass is 263 g/mol. The van der Waals surface area contributed by atoms with Crippen LogP contribution in [0.1, 0.15) is 13.8 Å². The van der Waals surface area contributed by atoms with Crippen LogP contribution in [0.3, 0.4) is 0 Å². The van der Waals surface area contributed by atoms with Gasteiger partial charge in [0.05, 0.1) is 5.41 Å². The number of nitrogens with zero attached hydrogens (tertiary/aromatic N) is 2. The first-order valence-corrected chi connectivity index (χ1v) is 5.65. The molecule has 8 nitrogen and oxygen atoms in total. The molecule has 0 spiro atoms. The maximum Gasteiger partial charge on any atom is 0.311 e. The topological polar surface area (TPSA) is 105 Å². The number of piperazine rings is 1. The van der Waals surface area contributed by atoms with Gasteiger partial charge in [-0.2, -0.15) is 0 Å². The molecule has 1 heterocycles. The van der Waals surface area contributed by atoms with Crippen molar-refractivity contribution in [1.82, 2.24) is 10.2 Å². The van der Waals surface area contributed by atoms with Gasteiger partial charge in [0.25, 0.3) is 5.09 Å².